The van der Waals surface area contributed by atoms with Gasteiger partial charge in [0, 0.05) is 24.0 Å². The normalized spacial score (nSPS) is 19.9. The van der Waals surface area contributed by atoms with Gasteiger partial charge in [-0.15, -0.1) is 11.3 Å². The Morgan fingerprint density at radius 2 is 2.15 bits per heavy atom. The van der Waals surface area contributed by atoms with Crippen molar-refractivity contribution in [2.75, 3.05) is 12.3 Å². The van der Waals surface area contributed by atoms with Crippen LogP contribution in [-0.4, -0.2) is 38.7 Å². The Labute approximate surface area is 161 Å². The van der Waals surface area contributed by atoms with Crippen LogP contribution in [0.25, 0.3) is 10.2 Å². The zero-order chi connectivity index (χ0) is 18.3. The monoisotopic (exact) mass is 391 g/mol. The second-order valence-electron chi connectivity index (χ2n) is 7.20. The molecule has 5 nitrogen and oxygen atoms in total. The van der Waals surface area contributed by atoms with Crippen LogP contribution in [0.15, 0.2) is 9.95 Å². The van der Waals surface area contributed by atoms with Crippen molar-refractivity contribution in [1.82, 2.24) is 14.5 Å². The van der Waals surface area contributed by atoms with Crippen LogP contribution in [0.1, 0.15) is 50.0 Å². The molecule has 7 heteroatoms. The van der Waals surface area contributed by atoms with Gasteiger partial charge in [0.2, 0.25) is 5.91 Å². The minimum atomic E-state index is 0.0678. The molecule has 1 atom stereocenters. The molecule has 2 aromatic heterocycles. The Hall–Kier alpha value is -1.34. The molecule has 0 spiro atoms. The largest absolute Gasteiger partial charge is 0.339 e. The van der Waals surface area contributed by atoms with Crippen molar-refractivity contribution < 1.29 is 4.79 Å². The molecule has 1 aliphatic heterocycles. The fourth-order valence-corrected chi connectivity index (χ4v) is 6.38. The highest BCUT2D eigenvalue weighted by Gasteiger charge is 2.25. The predicted octanol–water partition coefficient (Wildman–Crippen LogP) is 3.46. The van der Waals surface area contributed by atoms with Gasteiger partial charge < -0.3 is 4.90 Å². The molecular weight excluding hydrogens is 366 g/mol. The molecule has 3 heterocycles. The zero-order valence-corrected chi connectivity index (χ0v) is 17.0. The number of thiophene rings is 1. The minimum Gasteiger partial charge on any atom is -0.339 e. The molecule has 1 fully saturated rings. The fourth-order valence-electron chi connectivity index (χ4n) is 4.13. The van der Waals surface area contributed by atoms with E-state index in [1.165, 1.54) is 28.6 Å². The second kappa shape index (κ2) is 7.35. The molecule has 1 saturated heterocycles. The molecule has 0 radical (unpaired) electrons. The maximum atomic E-state index is 13.0. The third-order valence-electron chi connectivity index (χ3n) is 5.55. The lowest BCUT2D eigenvalue weighted by Gasteiger charge is -2.33. The number of fused-ring (bicyclic) bond motifs is 3. The van der Waals surface area contributed by atoms with Gasteiger partial charge in [-0.25, -0.2) is 4.98 Å². The maximum Gasteiger partial charge on any atom is 0.263 e. The summed E-state index contributed by atoms with van der Waals surface area (Å²) in [5.41, 5.74) is 1.29. The summed E-state index contributed by atoms with van der Waals surface area (Å²) in [7, 11) is 0. The topological polar surface area (TPSA) is 55.2 Å². The molecule has 0 saturated carbocycles. The van der Waals surface area contributed by atoms with Crippen molar-refractivity contribution >= 4 is 39.2 Å². The summed E-state index contributed by atoms with van der Waals surface area (Å²) < 4.78 is 1.74. The van der Waals surface area contributed by atoms with Crippen LogP contribution >= 0.6 is 23.1 Å². The number of likely N-dealkylation sites (tertiary alicyclic amines) is 1. The van der Waals surface area contributed by atoms with Gasteiger partial charge in [-0.3, -0.25) is 14.2 Å². The number of aromatic nitrogens is 2. The first-order valence-corrected chi connectivity index (χ1v) is 11.4. The summed E-state index contributed by atoms with van der Waals surface area (Å²) in [5.74, 6) is 0.515. The Morgan fingerprint density at radius 3 is 2.92 bits per heavy atom. The molecule has 1 aliphatic carbocycles. The molecule has 4 rings (SSSR count). The molecule has 0 aromatic carbocycles. The first-order chi connectivity index (χ1) is 12.6. The van der Waals surface area contributed by atoms with Crippen molar-refractivity contribution in [3.63, 3.8) is 0 Å². The van der Waals surface area contributed by atoms with Crippen molar-refractivity contribution in [2.45, 2.75) is 70.1 Å². The SMILES string of the molecule is CCn1c(SCC(=O)N2CCCC[C@H]2C)nc2sc3c(c2c1=O)CCC3. The van der Waals surface area contributed by atoms with Crippen LogP contribution in [0, 0.1) is 0 Å². The van der Waals surface area contributed by atoms with E-state index in [0.29, 0.717) is 23.5 Å². The van der Waals surface area contributed by atoms with E-state index in [1.807, 2.05) is 11.8 Å². The van der Waals surface area contributed by atoms with Crippen LogP contribution in [0.3, 0.4) is 0 Å². The summed E-state index contributed by atoms with van der Waals surface area (Å²) in [5, 5.41) is 1.51. The number of carbonyl (C=O) groups excluding carboxylic acids is 1. The van der Waals surface area contributed by atoms with Gasteiger partial charge in [0.25, 0.3) is 5.56 Å². The van der Waals surface area contributed by atoms with Gasteiger partial charge in [0.15, 0.2) is 5.16 Å². The molecular formula is C19H25N3O2S2. The van der Waals surface area contributed by atoms with Gasteiger partial charge in [-0.05, 0) is 57.9 Å². The van der Waals surface area contributed by atoms with Gasteiger partial charge in [0.05, 0.1) is 11.1 Å². The number of aryl methyl sites for hydroxylation is 2. The Balaban J connectivity index is 1.60. The quantitative estimate of drug-likeness (QED) is 0.592. The molecule has 0 N–H and O–H groups in total. The summed E-state index contributed by atoms with van der Waals surface area (Å²) in [6.45, 7) is 5.54. The Kier molecular flexibility index (Phi) is 5.10. The van der Waals surface area contributed by atoms with E-state index < -0.39 is 0 Å². The molecule has 0 unspecified atom stereocenters. The van der Waals surface area contributed by atoms with E-state index in [2.05, 4.69) is 6.92 Å². The lowest BCUT2D eigenvalue weighted by molar-refractivity contribution is -0.131. The van der Waals surface area contributed by atoms with E-state index in [0.717, 1.165) is 48.9 Å². The van der Waals surface area contributed by atoms with E-state index >= 15 is 0 Å². The van der Waals surface area contributed by atoms with Gasteiger partial charge in [-0.1, -0.05) is 11.8 Å². The van der Waals surface area contributed by atoms with Gasteiger partial charge in [0.1, 0.15) is 4.83 Å². The third kappa shape index (κ3) is 3.09. The lowest BCUT2D eigenvalue weighted by atomic mass is 10.0. The molecule has 26 heavy (non-hydrogen) atoms. The number of carbonyl (C=O) groups is 1. The smallest absolute Gasteiger partial charge is 0.263 e. The highest BCUT2D eigenvalue weighted by Crippen LogP contribution is 2.35. The Bertz CT molecular complexity index is 902. The minimum absolute atomic E-state index is 0.0678. The van der Waals surface area contributed by atoms with Crippen molar-refractivity contribution in [1.29, 1.82) is 0 Å². The van der Waals surface area contributed by atoms with Crippen LogP contribution in [-0.2, 0) is 24.2 Å². The third-order valence-corrected chi connectivity index (χ3v) is 7.70. The molecule has 140 valence electrons. The average molecular weight is 392 g/mol. The summed E-state index contributed by atoms with van der Waals surface area (Å²) in [6.07, 6.45) is 6.58. The number of hydrogen-bond donors (Lipinski definition) is 0. The highest BCUT2D eigenvalue weighted by atomic mass is 32.2. The number of piperidine rings is 1. The fraction of sp³-hybridized carbons (Fsp3) is 0.632. The van der Waals surface area contributed by atoms with Crippen molar-refractivity contribution in [3.05, 3.63) is 20.8 Å². The number of amides is 1. The summed E-state index contributed by atoms with van der Waals surface area (Å²) >= 11 is 3.08. The summed E-state index contributed by atoms with van der Waals surface area (Å²) in [4.78, 5) is 34.6. The standard InChI is InChI=1S/C19H25N3O2S2/c1-3-21-18(24)16-13-8-6-9-14(13)26-17(16)20-19(21)25-11-15(23)22-10-5-4-7-12(22)2/h12H,3-11H2,1-2H3/t12-/m1/s1. The zero-order valence-electron chi connectivity index (χ0n) is 15.4. The number of nitrogens with zero attached hydrogens (tertiary/aromatic N) is 3. The highest BCUT2D eigenvalue weighted by molar-refractivity contribution is 7.99. The Morgan fingerprint density at radius 1 is 1.31 bits per heavy atom. The maximum absolute atomic E-state index is 13.0. The molecule has 0 bridgehead atoms. The summed E-state index contributed by atoms with van der Waals surface area (Å²) in [6, 6.07) is 0.320. The predicted molar refractivity (Wildman–Crippen MR) is 107 cm³/mol. The number of rotatable bonds is 4. The van der Waals surface area contributed by atoms with Crippen molar-refractivity contribution in [3.8, 4) is 0 Å². The molecule has 2 aliphatic rings. The molecule has 2 aromatic rings. The second-order valence-corrected chi connectivity index (χ2v) is 9.23. The van der Waals surface area contributed by atoms with E-state index in [1.54, 1.807) is 15.9 Å². The van der Waals surface area contributed by atoms with Crippen LogP contribution in [0.5, 0.6) is 0 Å². The first-order valence-electron chi connectivity index (χ1n) is 9.57. The number of thioether (sulfide) groups is 1. The molecule has 1 amide bonds. The number of hydrogen-bond acceptors (Lipinski definition) is 5. The van der Waals surface area contributed by atoms with Crippen LogP contribution < -0.4 is 5.56 Å². The van der Waals surface area contributed by atoms with Crippen molar-refractivity contribution in [2.24, 2.45) is 0 Å². The van der Waals surface area contributed by atoms with Crippen LogP contribution in [0.2, 0.25) is 0 Å². The van der Waals surface area contributed by atoms with Gasteiger partial charge >= 0.3 is 0 Å². The first kappa shape index (κ1) is 18.0. The van der Waals surface area contributed by atoms with E-state index in [9.17, 15) is 9.59 Å². The van der Waals surface area contributed by atoms with E-state index in [4.69, 9.17) is 4.98 Å². The van der Waals surface area contributed by atoms with Crippen LogP contribution in [0.4, 0.5) is 0 Å². The van der Waals surface area contributed by atoms with E-state index in [-0.39, 0.29) is 11.5 Å². The average Bonchev–Trinajstić information content (AvgIpc) is 3.20. The lowest BCUT2D eigenvalue weighted by Crippen LogP contribution is -2.43. The van der Waals surface area contributed by atoms with Gasteiger partial charge in [-0.2, -0.15) is 0 Å².